The van der Waals surface area contributed by atoms with E-state index in [4.69, 9.17) is 0 Å². The van der Waals surface area contributed by atoms with Crippen LogP contribution in [0.5, 0.6) is 0 Å². The van der Waals surface area contributed by atoms with Crippen molar-refractivity contribution in [2.75, 3.05) is 13.1 Å². The number of nitrogens with one attached hydrogen (secondary N) is 1. The molecule has 0 aromatic heterocycles. The van der Waals surface area contributed by atoms with E-state index in [2.05, 4.69) is 24.0 Å². The molecule has 1 atom stereocenters. The second-order valence-corrected chi connectivity index (χ2v) is 2.42. The van der Waals surface area contributed by atoms with E-state index in [-0.39, 0.29) is 0 Å². The van der Waals surface area contributed by atoms with Gasteiger partial charge in [0.1, 0.15) is 0 Å². The summed E-state index contributed by atoms with van der Waals surface area (Å²) in [5.41, 5.74) is 1.31. The lowest BCUT2D eigenvalue weighted by molar-refractivity contribution is 0.779. The molecular weight excluding hydrogens is 110 g/mol. The molecule has 1 N–H and O–H groups in total. The molecule has 1 heterocycles. The quantitative estimate of drug-likeness (QED) is 0.519. The lowest BCUT2D eigenvalue weighted by atomic mass is 10.0. The Morgan fingerprint density at radius 1 is 1.78 bits per heavy atom. The fraction of sp³-hybridized carbons (Fsp3) is 0.500. The molecule has 9 heavy (non-hydrogen) atoms. The van der Waals surface area contributed by atoms with Crippen molar-refractivity contribution >= 4 is 0 Å². The molecule has 1 nitrogen and oxygen atoms in total. The van der Waals surface area contributed by atoms with E-state index in [1.807, 2.05) is 6.92 Å². The predicted octanol–water partition coefficient (Wildman–Crippen LogP) is 1.34. The van der Waals surface area contributed by atoms with Crippen molar-refractivity contribution < 1.29 is 0 Å². The fourth-order valence-electron chi connectivity index (χ4n) is 1.10. The van der Waals surface area contributed by atoms with Crippen molar-refractivity contribution in [3.8, 4) is 0 Å². The van der Waals surface area contributed by atoms with E-state index in [9.17, 15) is 0 Å². The summed E-state index contributed by atoms with van der Waals surface area (Å²) in [6.45, 7) is 8.06. The van der Waals surface area contributed by atoms with Gasteiger partial charge in [0, 0.05) is 19.0 Å². The van der Waals surface area contributed by atoms with Crippen LogP contribution in [-0.2, 0) is 0 Å². The van der Waals surface area contributed by atoms with Crippen LogP contribution >= 0.6 is 0 Å². The summed E-state index contributed by atoms with van der Waals surface area (Å²) in [5.74, 6) is 0.593. The summed E-state index contributed by atoms with van der Waals surface area (Å²) in [4.78, 5) is 0. The third-order valence-corrected chi connectivity index (χ3v) is 1.67. The third-order valence-electron chi connectivity index (χ3n) is 1.67. The smallest absolute Gasteiger partial charge is 0.0168 e. The molecule has 0 aliphatic carbocycles. The minimum Gasteiger partial charge on any atom is -0.312 e. The molecular formula is C8H13N. The van der Waals surface area contributed by atoms with Crippen molar-refractivity contribution in [2.24, 2.45) is 5.92 Å². The van der Waals surface area contributed by atoms with Gasteiger partial charge in [-0.15, -0.1) is 0 Å². The Balaban J connectivity index is 2.49. The summed E-state index contributed by atoms with van der Waals surface area (Å²) in [7, 11) is 0. The highest BCUT2D eigenvalue weighted by Gasteiger charge is 2.14. The summed E-state index contributed by atoms with van der Waals surface area (Å²) >= 11 is 0. The van der Waals surface area contributed by atoms with Gasteiger partial charge < -0.3 is 5.32 Å². The van der Waals surface area contributed by atoms with Gasteiger partial charge in [-0.2, -0.15) is 0 Å². The van der Waals surface area contributed by atoms with Gasteiger partial charge in [0.25, 0.3) is 0 Å². The van der Waals surface area contributed by atoms with Crippen molar-refractivity contribution in [1.82, 2.24) is 5.32 Å². The number of hydrogen-bond donors (Lipinski definition) is 1. The molecule has 0 radical (unpaired) electrons. The van der Waals surface area contributed by atoms with Crippen LogP contribution in [0.4, 0.5) is 0 Å². The molecule has 0 aromatic carbocycles. The predicted molar refractivity (Wildman–Crippen MR) is 40.3 cm³/mol. The topological polar surface area (TPSA) is 12.0 Å². The first-order valence-electron chi connectivity index (χ1n) is 3.36. The normalized spacial score (nSPS) is 28.1. The van der Waals surface area contributed by atoms with E-state index >= 15 is 0 Å². The van der Waals surface area contributed by atoms with Crippen LogP contribution in [0.2, 0.25) is 0 Å². The van der Waals surface area contributed by atoms with Crippen LogP contribution in [0.3, 0.4) is 0 Å². The first-order valence-corrected chi connectivity index (χ1v) is 3.36. The molecule has 0 aromatic rings. The molecule has 0 saturated carbocycles. The van der Waals surface area contributed by atoms with E-state index in [1.54, 1.807) is 0 Å². The van der Waals surface area contributed by atoms with E-state index < -0.39 is 0 Å². The maximum Gasteiger partial charge on any atom is 0.0168 e. The van der Waals surface area contributed by atoms with Crippen LogP contribution in [0.1, 0.15) is 6.92 Å². The Kier molecular flexibility index (Phi) is 2.06. The Bertz CT molecular complexity index is 136. The molecule has 1 fully saturated rings. The first kappa shape index (κ1) is 6.56. The van der Waals surface area contributed by atoms with Crippen LogP contribution in [0.15, 0.2) is 24.3 Å². The Morgan fingerprint density at radius 3 is 3.00 bits per heavy atom. The van der Waals surface area contributed by atoms with Crippen molar-refractivity contribution in [3.63, 3.8) is 0 Å². The second-order valence-electron chi connectivity index (χ2n) is 2.42. The number of allylic oxidation sites excluding steroid dienone is 1. The second kappa shape index (κ2) is 2.83. The van der Waals surface area contributed by atoms with Crippen molar-refractivity contribution in [2.45, 2.75) is 6.92 Å². The monoisotopic (exact) mass is 123 g/mol. The molecule has 1 aliphatic heterocycles. The maximum absolute atomic E-state index is 3.94. The van der Waals surface area contributed by atoms with Gasteiger partial charge in [-0.25, -0.2) is 0 Å². The van der Waals surface area contributed by atoms with Gasteiger partial charge in [0.2, 0.25) is 0 Å². The molecule has 0 amide bonds. The van der Waals surface area contributed by atoms with E-state index in [0.717, 1.165) is 13.1 Å². The van der Waals surface area contributed by atoms with Crippen LogP contribution in [0.25, 0.3) is 0 Å². The third kappa shape index (κ3) is 1.42. The van der Waals surface area contributed by atoms with Crippen molar-refractivity contribution in [1.29, 1.82) is 0 Å². The van der Waals surface area contributed by atoms with Gasteiger partial charge in [0.15, 0.2) is 0 Å². The molecule has 0 spiro atoms. The van der Waals surface area contributed by atoms with Gasteiger partial charge in [-0.3, -0.25) is 0 Å². The van der Waals surface area contributed by atoms with Crippen LogP contribution < -0.4 is 5.32 Å². The summed E-state index contributed by atoms with van der Waals surface area (Å²) < 4.78 is 0. The first-order chi connectivity index (χ1) is 4.34. The zero-order valence-corrected chi connectivity index (χ0v) is 5.85. The lowest BCUT2D eigenvalue weighted by Crippen LogP contribution is -2.07. The summed E-state index contributed by atoms with van der Waals surface area (Å²) in [6, 6.07) is 0. The zero-order chi connectivity index (χ0) is 6.69. The van der Waals surface area contributed by atoms with Gasteiger partial charge in [-0.1, -0.05) is 24.3 Å². The highest BCUT2D eigenvalue weighted by molar-refractivity contribution is 5.15. The number of rotatable bonds is 1. The molecule has 1 rings (SSSR count). The Morgan fingerprint density at radius 2 is 2.56 bits per heavy atom. The van der Waals surface area contributed by atoms with E-state index in [0.29, 0.717) is 5.92 Å². The largest absolute Gasteiger partial charge is 0.312 e. The average molecular weight is 123 g/mol. The Labute approximate surface area is 56.5 Å². The highest BCUT2D eigenvalue weighted by Crippen LogP contribution is 2.13. The number of hydrogen-bond acceptors (Lipinski definition) is 1. The molecule has 50 valence electrons. The molecule has 0 unspecified atom stereocenters. The maximum atomic E-state index is 3.94. The zero-order valence-electron chi connectivity index (χ0n) is 5.85. The minimum atomic E-state index is 0.593. The van der Waals surface area contributed by atoms with Crippen molar-refractivity contribution in [3.05, 3.63) is 24.3 Å². The lowest BCUT2D eigenvalue weighted by Gasteiger charge is -1.99. The van der Waals surface area contributed by atoms with Crippen LogP contribution in [0, 0.1) is 5.92 Å². The average Bonchev–Trinajstić information content (AvgIpc) is 2.18. The summed E-state index contributed by atoms with van der Waals surface area (Å²) in [5, 5.41) is 3.26. The molecule has 1 saturated heterocycles. The molecule has 1 heteroatoms. The highest BCUT2D eigenvalue weighted by atomic mass is 14.9. The standard InChI is InChI=1S/C8H13N/c1-3-4-8-6-9-5-7(8)2/h3-4,8-9H,2,5-6H2,1H3/b4-3+/t8-/m1/s1. The minimum absolute atomic E-state index is 0.593. The van der Waals surface area contributed by atoms with Gasteiger partial charge in [-0.05, 0) is 6.92 Å². The Hall–Kier alpha value is -0.560. The van der Waals surface area contributed by atoms with Gasteiger partial charge in [0.05, 0.1) is 0 Å². The van der Waals surface area contributed by atoms with Crippen LogP contribution in [-0.4, -0.2) is 13.1 Å². The fourth-order valence-corrected chi connectivity index (χ4v) is 1.10. The summed E-state index contributed by atoms with van der Waals surface area (Å²) in [6.07, 6.45) is 4.28. The van der Waals surface area contributed by atoms with Gasteiger partial charge >= 0.3 is 0 Å². The molecule has 1 aliphatic rings. The van der Waals surface area contributed by atoms with E-state index in [1.165, 1.54) is 5.57 Å². The molecule has 0 bridgehead atoms. The SMILES string of the molecule is C=C1CNC[C@H]1/C=C/C.